The quantitative estimate of drug-likeness (QED) is 0.0706. The summed E-state index contributed by atoms with van der Waals surface area (Å²) in [5.74, 6) is 4.42. The molecule has 8 amide bonds. The molecule has 43 heteroatoms. The Hall–Kier alpha value is -15.1. The predicted octanol–water partition coefficient (Wildman–Crippen LogP) is 7.38. The van der Waals surface area contributed by atoms with Crippen molar-refractivity contribution in [3.05, 3.63) is 269 Å². The fourth-order valence-corrected chi connectivity index (χ4v) is 18.0. The highest BCUT2D eigenvalue weighted by Gasteiger charge is 2.37. The minimum Gasteiger partial charge on any atom is -0.357 e. The third-order valence-corrected chi connectivity index (χ3v) is 25.9. The van der Waals surface area contributed by atoms with Gasteiger partial charge in [0, 0.05) is 267 Å². The van der Waals surface area contributed by atoms with Crippen molar-refractivity contribution in [2.75, 3.05) is 50.1 Å². The van der Waals surface area contributed by atoms with E-state index in [-0.39, 0.29) is 75.7 Å². The van der Waals surface area contributed by atoms with Gasteiger partial charge in [-0.2, -0.15) is 0 Å². The van der Waals surface area contributed by atoms with E-state index in [2.05, 4.69) is 206 Å². The van der Waals surface area contributed by atoms with E-state index in [1.807, 2.05) is 67.6 Å². The minimum absolute atomic E-state index is 0.0185. The van der Waals surface area contributed by atoms with Crippen molar-refractivity contribution in [2.45, 2.75) is 97.4 Å². The molecule has 11 N–H and O–H groups in total. The van der Waals surface area contributed by atoms with Crippen molar-refractivity contribution in [2.24, 2.45) is 39.9 Å². The molecule has 136 heavy (non-hydrogen) atoms. The number of nitrogens with one attached hydrogen (secondary N) is 11. The number of morpholine rings is 2. The van der Waals surface area contributed by atoms with Crippen LogP contribution in [0, 0.1) is 0 Å². The van der Waals surface area contributed by atoms with Gasteiger partial charge in [-0.1, -0.05) is 52.6 Å². The molecule has 24 heterocycles. The topological polar surface area (TPSA) is 528 Å². The normalized spacial score (nSPS) is 22.5. The number of carbonyl (C=O) groups is 8. The molecule has 8 aromatic heterocycles. The van der Waals surface area contributed by atoms with E-state index in [4.69, 9.17) is 9.47 Å². The van der Waals surface area contributed by atoms with Gasteiger partial charge in [-0.25, -0.2) is 44.9 Å². The van der Waals surface area contributed by atoms with Gasteiger partial charge in [-0.15, -0.1) is 35.3 Å². The summed E-state index contributed by atoms with van der Waals surface area (Å²) < 4.78 is 10.8. The number of thioether (sulfide) groups is 3. The van der Waals surface area contributed by atoms with Crippen molar-refractivity contribution in [1.82, 2.24) is 113 Å². The molecule has 8 aromatic rings. The molecule has 8 saturated heterocycles. The largest absolute Gasteiger partial charge is 0.357 e. The Morgan fingerprint density at radius 2 is 0.632 bits per heavy atom. The lowest BCUT2D eigenvalue weighted by molar-refractivity contribution is -0.136. The van der Waals surface area contributed by atoms with Crippen LogP contribution in [0.1, 0.15) is 137 Å². The Morgan fingerprint density at radius 3 is 1.12 bits per heavy atom. The molecular weight excluding hydrogens is 1790 g/mol. The summed E-state index contributed by atoms with van der Waals surface area (Å²) in [5.41, 5.74) is 21.9. The number of pyridine rings is 5. The highest BCUT2D eigenvalue weighted by atomic mass is 32.2. The molecule has 24 rings (SSSR count). The zero-order valence-electron chi connectivity index (χ0n) is 73.0. The maximum atomic E-state index is 11.8. The van der Waals surface area contributed by atoms with Crippen LogP contribution in [0.25, 0.3) is 0 Å². The lowest BCUT2D eigenvalue weighted by Gasteiger charge is -2.25. The van der Waals surface area contributed by atoms with Crippen molar-refractivity contribution in [3.8, 4) is 0 Å². The molecule has 8 fully saturated rings. The Bertz CT molecular complexity index is 5480. The van der Waals surface area contributed by atoms with Crippen molar-refractivity contribution >= 4 is 178 Å². The second-order valence-electron chi connectivity index (χ2n) is 32.2. The van der Waals surface area contributed by atoms with E-state index >= 15 is 0 Å². The highest BCUT2D eigenvalue weighted by Crippen LogP contribution is 2.40. The van der Waals surface area contributed by atoms with Gasteiger partial charge in [0.15, 0.2) is 47.1 Å². The van der Waals surface area contributed by atoms with Crippen LogP contribution in [0.15, 0.2) is 218 Å². The number of piperazine rings is 3. The Kier molecular flexibility index (Phi) is 28.6. The summed E-state index contributed by atoms with van der Waals surface area (Å²) in [7, 11) is 0. The fourth-order valence-electron chi connectivity index (χ4n) is 15.2. The average Bonchev–Trinajstić information content (AvgIpc) is 1.62. The molecule has 0 radical (unpaired) electrons. The molecule has 0 aliphatic carbocycles. The van der Waals surface area contributed by atoms with Crippen LogP contribution in [0.3, 0.4) is 0 Å². The van der Waals surface area contributed by atoms with Gasteiger partial charge in [0.25, 0.3) is 11.8 Å². The summed E-state index contributed by atoms with van der Waals surface area (Å²) in [6, 6.07) is 8.18. The molecule has 688 valence electrons. The van der Waals surface area contributed by atoms with Gasteiger partial charge in [0.05, 0.1) is 70.1 Å². The standard InChI is InChI=1S/2C12H12N4O.C12H11N3O2.2C12H11N3OS.C11H11N5O.C11H10N4O2.C11H10N4OS/c1-7-5-15-11(12(17)16-7)8-4-10-9(14-6-8)2-3-13-10;1-7-5-15-11(12(17)16-7)10-4-9-8(6-14-10)2-3-13-9;2*1-7-6-17-11(12(16)15-7)8-4-10-9(14-5-8)2-3-13-10;1-7-6-17-11(12(16)15-7)10-4-9-8(5-14-10)2-3-13-9;1-6-4-13-8(11(17)15-6)10-14-5-7-2-3-12-9(7)16-10;2*1-6-5-17-8(11(16)14-6)10-13-4-7-2-3-12-9(7)15-10/h2*3-4,6,11,15H,1-2,5H2,(H,16,17);3*3-5,11H,1-2,6H2,(H,15,16);3,5,8,13H,1-2,4H2,(H,15,17);2*3-4,8H,1-2,5H2,(H,14,16). The maximum absolute atomic E-state index is 11.8. The maximum Gasteiger partial charge on any atom is 0.261 e. The minimum atomic E-state index is -0.776. The molecule has 0 spiro atoms. The van der Waals surface area contributed by atoms with E-state index in [9.17, 15) is 38.4 Å². The predicted molar refractivity (Wildman–Crippen MR) is 516 cm³/mol. The first-order chi connectivity index (χ1) is 65.9. The van der Waals surface area contributed by atoms with Crippen LogP contribution < -0.4 is 58.5 Å². The highest BCUT2D eigenvalue weighted by molar-refractivity contribution is 8.01. The third-order valence-electron chi connectivity index (χ3n) is 21.9. The molecule has 40 nitrogen and oxygen atoms in total. The van der Waals surface area contributed by atoms with Gasteiger partial charge in [-0.3, -0.25) is 104 Å². The number of ether oxygens (including phenoxy) is 2. The number of aromatic nitrogens is 11. The molecule has 0 bridgehead atoms. The summed E-state index contributed by atoms with van der Waals surface area (Å²) in [6.07, 6.45) is 33.4. The zero-order valence-corrected chi connectivity index (χ0v) is 75.5. The SMILES string of the molecule is C=C1CNC(c2cc3c(cn2)CC=N3)C(=O)N1.C=C1CNC(c2cnc3c(c2)N=CC3)C(=O)N1.C=C1CNC(c2ncc3c(n2)N=CC3)C(=O)N1.C=C1COC(c2cnc3c(c2)N=CC3)C(=O)N1.C=C1COC(c2ncc3c(n2)N=CC3)C(=O)N1.C=C1CSC(c2cc3c(cn2)CC=N3)C(=O)N1.C=C1CSC(c2cnc3c(c2)N=CC3)C(=O)N1.C=C1CSC(c2ncc3c(n2)N=CC3)C(=O)N1. The van der Waals surface area contributed by atoms with E-state index < -0.39 is 24.3 Å². The van der Waals surface area contributed by atoms with Crippen LogP contribution in [-0.2, 0) is 99.2 Å². The second-order valence-corrected chi connectivity index (χ2v) is 35.5. The third kappa shape index (κ3) is 22.2. The Labute approximate surface area is 790 Å². The number of hydrogen-bond acceptors (Lipinski definition) is 35. The number of aliphatic imine (C=N–C) groups is 8. The molecule has 0 saturated carbocycles. The molecule has 8 unspecified atom stereocenters. The monoisotopic (exact) mass is 1880 g/mol. The summed E-state index contributed by atoms with van der Waals surface area (Å²) in [5, 5.41) is 30.1. The summed E-state index contributed by atoms with van der Waals surface area (Å²) >= 11 is 4.62. The first-order valence-corrected chi connectivity index (χ1v) is 45.9. The summed E-state index contributed by atoms with van der Waals surface area (Å²) in [4.78, 5) is 175. The second kappa shape index (κ2) is 42.0. The van der Waals surface area contributed by atoms with Crippen molar-refractivity contribution in [1.29, 1.82) is 0 Å². The van der Waals surface area contributed by atoms with Crippen LogP contribution >= 0.6 is 35.3 Å². The van der Waals surface area contributed by atoms with Crippen LogP contribution in [0.5, 0.6) is 0 Å². The van der Waals surface area contributed by atoms with Gasteiger partial charge in [0.1, 0.15) is 33.9 Å². The molecule has 8 atom stereocenters. The zero-order chi connectivity index (χ0) is 94.6. The van der Waals surface area contributed by atoms with Crippen LogP contribution in [0.2, 0.25) is 0 Å². The van der Waals surface area contributed by atoms with Gasteiger partial charge >= 0.3 is 0 Å². The van der Waals surface area contributed by atoms with Gasteiger partial charge < -0.3 is 52.0 Å². The fraction of sp³-hybridized carbons (Fsp3) is 0.258. The van der Waals surface area contributed by atoms with E-state index in [1.165, 1.54) is 11.8 Å². The van der Waals surface area contributed by atoms with E-state index in [0.29, 0.717) is 101 Å². The van der Waals surface area contributed by atoms with Crippen LogP contribution in [-0.4, -0.2) is 202 Å². The van der Waals surface area contributed by atoms with Gasteiger partial charge in [0.2, 0.25) is 35.4 Å². The van der Waals surface area contributed by atoms with Crippen LogP contribution in [0.4, 0.5) is 45.9 Å². The number of rotatable bonds is 8. The lowest BCUT2D eigenvalue weighted by atomic mass is 10.1. The first kappa shape index (κ1) is 92.7. The van der Waals surface area contributed by atoms with Crippen molar-refractivity contribution < 1.29 is 47.8 Å². The number of nitrogens with zero attached hydrogens (tertiary/aromatic N) is 19. The van der Waals surface area contributed by atoms with Crippen molar-refractivity contribution in [3.63, 3.8) is 0 Å². The first-order valence-electron chi connectivity index (χ1n) is 42.8. The molecule has 0 aromatic carbocycles. The molecule has 16 aliphatic heterocycles. The average molecular weight is 1880 g/mol. The number of fused-ring (bicyclic) bond motifs is 8. The number of amides is 8. The van der Waals surface area contributed by atoms with Gasteiger partial charge in [-0.05, 0) is 41.5 Å². The summed E-state index contributed by atoms with van der Waals surface area (Å²) in [6.45, 7) is 31.9. The molecular formula is C93H88N30O10S3. The Balaban J connectivity index is 0.000000108. The van der Waals surface area contributed by atoms with E-state index in [1.54, 1.807) is 85.5 Å². The number of carbonyl (C=O) groups excluding carboxylic acids is 8. The smallest absolute Gasteiger partial charge is 0.261 e. The van der Waals surface area contributed by atoms with E-state index in [0.717, 1.165) is 176 Å². The number of hydrogen-bond donors (Lipinski definition) is 11. The molecule has 16 aliphatic rings. The lowest BCUT2D eigenvalue weighted by Crippen LogP contribution is -2.46. The Morgan fingerprint density at radius 1 is 0.279 bits per heavy atom.